The average molecular weight is 447 g/mol. The Morgan fingerprint density at radius 1 is 1.06 bits per heavy atom. The number of carbonyl (C=O) groups excluding carboxylic acids is 3. The van der Waals surface area contributed by atoms with E-state index in [0.29, 0.717) is 6.42 Å². The maximum atomic E-state index is 13.5. The van der Waals surface area contributed by atoms with Crippen LogP contribution in [-0.2, 0) is 20.7 Å². The van der Waals surface area contributed by atoms with Crippen LogP contribution in [0.5, 0.6) is 0 Å². The number of fused-ring (bicyclic) bond motifs is 4. The van der Waals surface area contributed by atoms with Gasteiger partial charge in [-0.05, 0) is 38.0 Å². The summed E-state index contributed by atoms with van der Waals surface area (Å²) in [7, 11) is 0. The number of carbonyl (C=O) groups is 3. The van der Waals surface area contributed by atoms with Gasteiger partial charge in [0.1, 0.15) is 18.2 Å². The molecule has 1 fully saturated rings. The third-order valence-electron chi connectivity index (χ3n) is 6.00. The predicted molar refractivity (Wildman–Crippen MR) is 122 cm³/mol. The molecule has 3 aromatic rings. The van der Waals surface area contributed by atoms with Crippen LogP contribution >= 0.6 is 0 Å². The van der Waals surface area contributed by atoms with Gasteiger partial charge in [0.05, 0.1) is 6.04 Å². The zero-order chi connectivity index (χ0) is 23.3. The molecule has 0 unspecified atom stereocenters. The van der Waals surface area contributed by atoms with Crippen molar-refractivity contribution in [3.63, 3.8) is 0 Å². The normalized spacial score (nSPS) is 20.5. The predicted octanol–water partition coefficient (Wildman–Crippen LogP) is 3.29. The molecule has 2 aliphatic heterocycles. The Morgan fingerprint density at radius 3 is 2.48 bits per heavy atom. The lowest BCUT2D eigenvalue weighted by Crippen LogP contribution is -2.66. The van der Waals surface area contributed by atoms with E-state index in [9.17, 15) is 14.4 Å². The summed E-state index contributed by atoms with van der Waals surface area (Å²) in [5.41, 5.74) is 5.57. The summed E-state index contributed by atoms with van der Waals surface area (Å²) in [4.78, 5) is 44.3. The van der Waals surface area contributed by atoms with Gasteiger partial charge in [-0.25, -0.2) is 15.2 Å². The SMILES string of the molecule is CC(C)(C)OC(=O)NN1CC(=O)N2[C@@H](c3ccccc3)c3[nH]c4ccccc4c3C[C@@H]2C1=O. The highest BCUT2D eigenvalue weighted by molar-refractivity contribution is 5.98. The van der Waals surface area contributed by atoms with E-state index in [0.717, 1.165) is 32.7 Å². The topological polar surface area (TPSA) is 94.7 Å². The van der Waals surface area contributed by atoms with Crippen LogP contribution in [0.2, 0.25) is 0 Å². The second-order valence-corrected chi connectivity index (χ2v) is 9.44. The van der Waals surface area contributed by atoms with Gasteiger partial charge >= 0.3 is 6.09 Å². The molecule has 0 bridgehead atoms. The van der Waals surface area contributed by atoms with Crippen LogP contribution in [0.15, 0.2) is 54.6 Å². The summed E-state index contributed by atoms with van der Waals surface area (Å²) in [6, 6.07) is 16.5. The monoisotopic (exact) mass is 446 g/mol. The minimum absolute atomic E-state index is 0.242. The standard InChI is InChI=1S/C25H26N4O4/c1-25(2,3)33-24(32)27-28-14-20(30)29-19(23(28)31)13-17-16-11-7-8-12-18(16)26-21(17)22(29)15-9-5-4-6-10-15/h4-12,19,22,26H,13-14H2,1-3H3,(H,27,32)/t19-,22+/m1/s1. The fourth-order valence-corrected chi connectivity index (χ4v) is 4.75. The number of para-hydroxylation sites is 1. The van der Waals surface area contributed by atoms with Crippen molar-refractivity contribution in [3.8, 4) is 0 Å². The smallest absolute Gasteiger partial charge is 0.426 e. The third-order valence-corrected chi connectivity index (χ3v) is 6.00. The number of nitrogens with one attached hydrogen (secondary N) is 2. The van der Waals surface area contributed by atoms with Crippen molar-refractivity contribution in [1.82, 2.24) is 20.3 Å². The minimum Gasteiger partial charge on any atom is -0.443 e. The Hall–Kier alpha value is -3.81. The minimum atomic E-state index is -0.764. The number of hydrogen-bond acceptors (Lipinski definition) is 4. The lowest BCUT2D eigenvalue weighted by atomic mass is 9.86. The van der Waals surface area contributed by atoms with Gasteiger partial charge < -0.3 is 14.6 Å². The molecular formula is C25H26N4O4. The van der Waals surface area contributed by atoms with Crippen LogP contribution in [0.4, 0.5) is 4.79 Å². The van der Waals surface area contributed by atoms with Gasteiger partial charge in [0, 0.05) is 23.0 Å². The number of aromatic nitrogens is 1. The maximum absolute atomic E-state index is 13.5. The number of hydrazine groups is 1. The Bertz CT molecular complexity index is 1240. The highest BCUT2D eigenvalue weighted by Crippen LogP contribution is 2.42. The molecule has 2 N–H and O–H groups in total. The summed E-state index contributed by atoms with van der Waals surface area (Å²) >= 11 is 0. The molecule has 0 spiro atoms. The highest BCUT2D eigenvalue weighted by atomic mass is 16.6. The quantitative estimate of drug-likeness (QED) is 0.632. The Labute approximate surface area is 191 Å². The van der Waals surface area contributed by atoms with Gasteiger partial charge in [-0.2, -0.15) is 0 Å². The molecule has 8 heteroatoms. The number of rotatable bonds is 2. The maximum Gasteiger partial charge on any atom is 0.426 e. The molecule has 170 valence electrons. The number of H-pyrrole nitrogens is 1. The molecule has 2 atom stereocenters. The first-order chi connectivity index (χ1) is 15.7. The number of hydrogen-bond donors (Lipinski definition) is 2. The number of benzene rings is 2. The van der Waals surface area contributed by atoms with E-state index in [1.54, 1.807) is 25.7 Å². The Kier molecular flexibility index (Phi) is 4.88. The van der Waals surface area contributed by atoms with Crippen molar-refractivity contribution in [3.05, 3.63) is 71.4 Å². The van der Waals surface area contributed by atoms with Gasteiger partial charge in [0.2, 0.25) is 5.91 Å². The van der Waals surface area contributed by atoms with Crippen molar-refractivity contribution >= 4 is 28.8 Å². The van der Waals surface area contributed by atoms with E-state index in [1.807, 2.05) is 54.6 Å². The van der Waals surface area contributed by atoms with Gasteiger partial charge in [-0.15, -0.1) is 0 Å². The van der Waals surface area contributed by atoms with Crippen LogP contribution < -0.4 is 5.43 Å². The number of piperazine rings is 1. The molecule has 1 saturated heterocycles. The summed E-state index contributed by atoms with van der Waals surface area (Å²) < 4.78 is 5.28. The second-order valence-electron chi connectivity index (χ2n) is 9.44. The first kappa shape index (κ1) is 21.1. The van der Waals surface area contributed by atoms with Crippen molar-refractivity contribution in [2.75, 3.05) is 6.54 Å². The molecule has 2 aliphatic rings. The fraction of sp³-hybridized carbons (Fsp3) is 0.320. The van der Waals surface area contributed by atoms with Crippen LogP contribution in [-0.4, -0.2) is 51.0 Å². The fourth-order valence-electron chi connectivity index (χ4n) is 4.75. The molecule has 5 rings (SSSR count). The molecular weight excluding hydrogens is 420 g/mol. The van der Waals surface area contributed by atoms with Crippen LogP contribution in [0.1, 0.15) is 43.6 Å². The molecule has 8 nitrogen and oxygen atoms in total. The number of nitrogens with zero attached hydrogens (tertiary/aromatic N) is 2. The molecule has 33 heavy (non-hydrogen) atoms. The highest BCUT2D eigenvalue weighted by Gasteiger charge is 2.48. The summed E-state index contributed by atoms with van der Waals surface area (Å²) in [5.74, 6) is -0.578. The molecule has 1 aromatic heterocycles. The van der Waals surface area contributed by atoms with Crippen molar-refractivity contribution in [1.29, 1.82) is 0 Å². The van der Waals surface area contributed by atoms with Crippen LogP contribution in [0, 0.1) is 0 Å². The third kappa shape index (κ3) is 3.71. The molecule has 3 heterocycles. The van der Waals surface area contributed by atoms with E-state index in [4.69, 9.17) is 4.74 Å². The Morgan fingerprint density at radius 2 is 1.76 bits per heavy atom. The number of aromatic amines is 1. The van der Waals surface area contributed by atoms with E-state index in [1.165, 1.54) is 0 Å². The lowest BCUT2D eigenvalue weighted by Gasteiger charge is -2.46. The molecule has 0 radical (unpaired) electrons. The van der Waals surface area contributed by atoms with Gasteiger partial charge in [-0.1, -0.05) is 48.5 Å². The zero-order valence-electron chi connectivity index (χ0n) is 18.8. The second kappa shape index (κ2) is 7.65. The number of amides is 3. The van der Waals surface area contributed by atoms with Crippen molar-refractivity contribution < 1.29 is 19.1 Å². The van der Waals surface area contributed by atoms with Crippen molar-refractivity contribution in [2.45, 2.75) is 44.9 Å². The van der Waals surface area contributed by atoms with Gasteiger partial charge in [0.25, 0.3) is 5.91 Å². The van der Waals surface area contributed by atoms with Gasteiger partial charge in [-0.3, -0.25) is 9.59 Å². The van der Waals surface area contributed by atoms with Crippen LogP contribution in [0.3, 0.4) is 0 Å². The zero-order valence-corrected chi connectivity index (χ0v) is 18.8. The van der Waals surface area contributed by atoms with E-state index < -0.39 is 23.8 Å². The van der Waals surface area contributed by atoms with E-state index >= 15 is 0 Å². The first-order valence-corrected chi connectivity index (χ1v) is 11.0. The molecule has 2 aromatic carbocycles. The number of ether oxygens (including phenoxy) is 1. The first-order valence-electron chi connectivity index (χ1n) is 11.0. The van der Waals surface area contributed by atoms with Gasteiger partial charge in [0.15, 0.2) is 0 Å². The molecule has 0 saturated carbocycles. The summed E-state index contributed by atoms with van der Waals surface area (Å²) in [6.45, 7) is 4.96. The Balaban J connectivity index is 1.55. The van der Waals surface area contributed by atoms with E-state index in [-0.39, 0.29) is 18.4 Å². The lowest BCUT2D eigenvalue weighted by molar-refractivity contribution is -0.161. The largest absolute Gasteiger partial charge is 0.443 e. The molecule has 0 aliphatic carbocycles. The summed E-state index contributed by atoms with van der Waals surface area (Å²) in [6.07, 6.45) is -0.403. The van der Waals surface area contributed by atoms with E-state index in [2.05, 4.69) is 10.4 Å². The van der Waals surface area contributed by atoms with Crippen LogP contribution in [0.25, 0.3) is 10.9 Å². The summed E-state index contributed by atoms with van der Waals surface area (Å²) in [5, 5.41) is 2.12. The average Bonchev–Trinajstić information content (AvgIpc) is 3.13. The molecule has 3 amide bonds. The van der Waals surface area contributed by atoms with Crippen molar-refractivity contribution in [2.24, 2.45) is 0 Å².